The summed E-state index contributed by atoms with van der Waals surface area (Å²) in [5.41, 5.74) is 6.98. The Labute approximate surface area is 90.7 Å². The van der Waals surface area contributed by atoms with Gasteiger partial charge in [-0.2, -0.15) is 0 Å². The molecule has 0 atom stereocenters. The molecule has 15 heavy (non-hydrogen) atoms. The Kier molecular flexibility index (Phi) is 4.40. The lowest BCUT2D eigenvalue weighted by Crippen LogP contribution is -2.13. The summed E-state index contributed by atoms with van der Waals surface area (Å²) in [5, 5.41) is 3.25. The first-order chi connectivity index (χ1) is 7.17. The van der Waals surface area contributed by atoms with E-state index in [1.165, 1.54) is 12.1 Å². The molecule has 2 nitrogen and oxygen atoms in total. The van der Waals surface area contributed by atoms with E-state index in [1.54, 1.807) is 6.07 Å². The van der Waals surface area contributed by atoms with Crippen LogP contribution in [0.15, 0.2) is 18.2 Å². The van der Waals surface area contributed by atoms with Crippen LogP contribution in [0.4, 0.5) is 15.8 Å². The Morgan fingerprint density at radius 2 is 2.00 bits per heavy atom. The van der Waals surface area contributed by atoms with Crippen LogP contribution in [0.25, 0.3) is 0 Å². The van der Waals surface area contributed by atoms with Crippen LogP contribution in [0.3, 0.4) is 0 Å². The SMILES string of the molecule is CCC(CC)CNc1ccc(F)cc1N. The zero-order valence-corrected chi connectivity index (χ0v) is 9.39. The number of hydrogen-bond acceptors (Lipinski definition) is 2. The first kappa shape index (κ1) is 11.8. The molecule has 0 aromatic heterocycles. The van der Waals surface area contributed by atoms with Crippen molar-refractivity contribution >= 4 is 11.4 Å². The Balaban J connectivity index is 2.57. The van der Waals surface area contributed by atoms with Gasteiger partial charge in [0.1, 0.15) is 5.82 Å². The second-order valence-electron chi connectivity index (χ2n) is 3.79. The minimum absolute atomic E-state index is 0.291. The van der Waals surface area contributed by atoms with E-state index in [9.17, 15) is 4.39 Å². The van der Waals surface area contributed by atoms with Crippen molar-refractivity contribution < 1.29 is 4.39 Å². The normalized spacial score (nSPS) is 10.7. The van der Waals surface area contributed by atoms with E-state index >= 15 is 0 Å². The molecule has 0 fully saturated rings. The first-order valence-electron chi connectivity index (χ1n) is 5.46. The minimum Gasteiger partial charge on any atom is -0.397 e. The fraction of sp³-hybridized carbons (Fsp3) is 0.500. The Bertz CT molecular complexity index is 308. The number of nitrogen functional groups attached to an aromatic ring is 1. The summed E-state index contributed by atoms with van der Waals surface area (Å²) in [5.74, 6) is 0.357. The lowest BCUT2D eigenvalue weighted by Gasteiger charge is -2.15. The molecular formula is C12H19FN2. The van der Waals surface area contributed by atoms with Gasteiger partial charge in [-0.15, -0.1) is 0 Å². The second kappa shape index (κ2) is 5.59. The minimum atomic E-state index is -0.291. The van der Waals surface area contributed by atoms with Crippen LogP contribution >= 0.6 is 0 Å². The molecule has 1 aromatic rings. The third-order valence-corrected chi connectivity index (χ3v) is 2.75. The average Bonchev–Trinajstić information content (AvgIpc) is 2.22. The highest BCUT2D eigenvalue weighted by Crippen LogP contribution is 2.20. The number of halogens is 1. The van der Waals surface area contributed by atoms with Gasteiger partial charge in [-0.1, -0.05) is 26.7 Å². The molecule has 3 heteroatoms. The molecule has 0 amide bonds. The summed E-state index contributed by atoms with van der Waals surface area (Å²) < 4.78 is 12.8. The first-order valence-corrected chi connectivity index (χ1v) is 5.46. The maximum absolute atomic E-state index is 12.8. The van der Waals surface area contributed by atoms with Crippen LogP contribution in [-0.2, 0) is 0 Å². The summed E-state index contributed by atoms with van der Waals surface area (Å²) in [7, 11) is 0. The molecule has 0 aliphatic heterocycles. The highest BCUT2D eigenvalue weighted by molar-refractivity contribution is 5.65. The van der Waals surface area contributed by atoms with E-state index in [-0.39, 0.29) is 5.82 Å². The number of nitrogens with one attached hydrogen (secondary N) is 1. The topological polar surface area (TPSA) is 38.0 Å². The van der Waals surface area contributed by atoms with Gasteiger partial charge < -0.3 is 11.1 Å². The summed E-state index contributed by atoms with van der Waals surface area (Å²) in [6.07, 6.45) is 2.29. The molecule has 0 saturated heterocycles. The van der Waals surface area contributed by atoms with Crippen molar-refractivity contribution in [3.63, 3.8) is 0 Å². The quantitative estimate of drug-likeness (QED) is 0.732. The van der Waals surface area contributed by atoms with Crippen LogP contribution in [0.1, 0.15) is 26.7 Å². The van der Waals surface area contributed by atoms with Gasteiger partial charge in [0.15, 0.2) is 0 Å². The number of hydrogen-bond donors (Lipinski definition) is 2. The van der Waals surface area contributed by atoms with E-state index in [1.807, 2.05) is 0 Å². The summed E-state index contributed by atoms with van der Waals surface area (Å²) in [6, 6.07) is 4.45. The molecule has 0 heterocycles. The zero-order chi connectivity index (χ0) is 11.3. The van der Waals surface area contributed by atoms with Gasteiger partial charge in [0.25, 0.3) is 0 Å². The van der Waals surface area contributed by atoms with Crippen LogP contribution in [0.2, 0.25) is 0 Å². The van der Waals surface area contributed by atoms with Gasteiger partial charge in [-0.25, -0.2) is 4.39 Å². The predicted octanol–water partition coefficient (Wildman–Crippen LogP) is 3.26. The number of benzene rings is 1. The molecule has 0 spiro atoms. The molecule has 1 rings (SSSR count). The Morgan fingerprint density at radius 3 is 2.53 bits per heavy atom. The van der Waals surface area contributed by atoms with Gasteiger partial charge in [0.05, 0.1) is 11.4 Å². The van der Waals surface area contributed by atoms with Crippen molar-refractivity contribution in [1.29, 1.82) is 0 Å². The molecule has 0 unspecified atom stereocenters. The van der Waals surface area contributed by atoms with Gasteiger partial charge in [0.2, 0.25) is 0 Å². The standard InChI is InChI=1S/C12H19FN2/c1-3-9(4-2)8-15-12-6-5-10(13)7-11(12)14/h5-7,9,15H,3-4,8,14H2,1-2H3. The monoisotopic (exact) mass is 210 g/mol. The van der Waals surface area contributed by atoms with Crippen molar-refractivity contribution in [2.24, 2.45) is 5.92 Å². The third-order valence-electron chi connectivity index (χ3n) is 2.75. The molecule has 84 valence electrons. The largest absolute Gasteiger partial charge is 0.397 e. The highest BCUT2D eigenvalue weighted by Gasteiger charge is 2.05. The number of rotatable bonds is 5. The van der Waals surface area contributed by atoms with Crippen molar-refractivity contribution in [3.05, 3.63) is 24.0 Å². The van der Waals surface area contributed by atoms with E-state index < -0.39 is 0 Å². The fourth-order valence-corrected chi connectivity index (χ4v) is 1.53. The maximum atomic E-state index is 12.8. The van der Waals surface area contributed by atoms with Crippen molar-refractivity contribution in [2.45, 2.75) is 26.7 Å². The van der Waals surface area contributed by atoms with Crippen molar-refractivity contribution in [2.75, 3.05) is 17.6 Å². The summed E-state index contributed by atoms with van der Waals surface area (Å²) in [4.78, 5) is 0. The molecule has 0 aliphatic carbocycles. The fourth-order valence-electron chi connectivity index (χ4n) is 1.53. The van der Waals surface area contributed by atoms with Crippen LogP contribution in [0, 0.1) is 11.7 Å². The lowest BCUT2D eigenvalue weighted by atomic mass is 10.0. The third kappa shape index (κ3) is 3.42. The zero-order valence-electron chi connectivity index (χ0n) is 9.39. The summed E-state index contributed by atoms with van der Waals surface area (Å²) >= 11 is 0. The van der Waals surface area contributed by atoms with Gasteiger partial charge in [-0.3, -0.25) is 0 Å². The van der Waals surface area contributed by atoms with Crippen LogP contribution < -0.4 is 11.1 Å². The van der Waals surface area contributed by atoms with E-state index in [0.717, 1.165) is 25.1 Å². The van der Waals surface area contributed by atoms with Crippen LogP contribution in [0.5, 0.6) is 0 Å². The van der Waals surface area contributed by atoms with Crippen LogP contribution in [-0.4, -0.2) is 6.54 Å². The second-order valence-corrected chi connectivity index (χ2v) is 3.79. The van der Waals surface area contributed by atoms with E-state index in [2.05, 4.69) is 19.2 Å². The smallest absolute Gasteiger partial charge is 0.125 e. The van der Waals surface area contributed by atoms with Gasteiger partial charge in [-0.05, 0) is 24.1 Å². The number of anilines is 2. The molecule has 1 aromatic carbocycles. The van der Waals surface area contributed by atoms with Crippen molar-refractivity contribution in [1.82, 2.24) is 0 Å². The summed E-state index contributed by atoms with van der Waals surface area (Å²) in [6.45, 7) is 5.23. The van der Waals surface area contributed by atoms with E-state index in [4.69, 9.17) is 5.73 Å². The molecule has 0 aliphatic rings. The van der Waals surface area contributed by atoms with Crippen molar-refractivity contribution in [3.8, 4) is 0 Å². The molecule has 0 radical (unpaired) electrons. The maximum Gasteiger partial charge on any atom is 0.125 e. The Hall–Kier alpha value is -1.25. The molecule has 0 saturated carbocycles. The molecular weight excluding hydrogens is 191 g/mol. The highest BCUT2D eigenvalue weighted by atomic mass is 19.1. The Morgan fingerprint density at radius 1 is 1.33 bits per heavy atom. The lowest BCUT2D eigenvalue weighted by molar-refractivity contribution is 0.519. The predicted molar refractivity (Wildman–Crippen MR) is 63.4 cm³/mol. The molecule has 0 bridgehead atoms. The number of nitrogens with two attached hydrogens (primary N) is 1. The van der Waals surface area contributed by atoms with Gasteiger partial charge >= 0.3 is 0 Å². The van der Waals surface area contributed by atoms with E-state index in [0.29, 0.717) is 11.6 Å². The van der Waals surface area contributed by atoms with Gasteiger partial charge in [0, 0.05) is 6.54 Å². The molecule has 3 N–H and O–H groups in total. The average molecular weight is 210 g/mol.